The molecule has 2 aliphatic carbocycles. The predicted octanol–water partition coefficient (Wildman–Crippen LogP) is 2.95. The lowest BCUT2D eigenvalue weighted by molar-refractivity contribution is -0.128. The lowest BCUT2D eigenvalue weighted by atomic mass is 9.65. The van der Waals surface area contributed by atoms with Crippen molar-refractivity contribution in [3.8, 4) is 0 Å². The van der Waals surface area contributed by atoms with Gasteiger partial charge in [-0.15, -0.1) is 11.3 Å². The van der Waals surface area contributed by atoms with Crippen molar-refractivity contribution >= 4 is 17.2 Å². The maximum Gasteiger partial charge on any atom is 0.223 e. The van der Waals surface area contributed by atoms with Gasteiger partial charge in [0.15, 0.2) is 0 Å². The maximum atomic E-state index is 12.5. The predicted molar refractivity (Wildman–Crippen MR) is 87.2 cm³/mol. The second-order valence-electron chi connectivity index (χ2n) is 6.89. The maximum absolute atomic E-state index is 12.5. The van der Waals surface area contributed by atoms with Crippen molar-refractivity contribution in [3.63, 3.8) is 0 Å². The molecule has 3 nitrogen and oxygen atoms in total. The Morgan fingerprint density at radius 3 is 2.76 bits per heavy atom. The van der Waals surface area contributed by atoms with Gasteiger partial charge in [-0.3, -0.25) is 4.79 Å². The van der Waals surface area contributed by atoms with Gasteiger partial charge < -0.3 is 11.1 Å². The SMILES string of the molecule is CC(Cc1cccs1)NC(=O)C1CC2CCCC(C1)C2N. The zero-order chi connectivity index (χ0) is 14.8. The van der Waals surface area contributed by atoms with E-state index in [1.807, 2.05) is 0 Å². The normalized spacial score (nSPS) is 33.4. The van der Waals surface area contributed by atoms with Crippen LogP contribution in [0.15, 0.2) is 17.5 Å². The van der Waals surface area contributed by atoms with Crippen LogP contribution in [0.5, 0.6) is 0 Å². The molecule has 21 heavy (non-hydrogen) atoms. The van der Waals surface area contributed by atoms with E-state index in [1.165, 1.54) is 24.1 Å². The third-order valence-electron chi connectivity index (χ3n) is 5.26. The zero-order valence-electron chi connectivity index (χ0n) is 12.8. The molecule has 2 bridgehead atoms. The van der Waals surface area contributed by atoms with Crippen molar-refractivity contribution in [1.29, 1.82) is 0 Å². The summed E-state index contributed by atoms with van der Waals surface area (Å²) in [6.07, 6.45) is 6.65. The van der Waals surface area contributed by atoms with Crippen LogP contribution in [0.3, 0.4) is 0 Å². The van der Waals surface area contributed by atoms with E-state index in [0.717, 1.165) is 19.3 Å². The Morgan fingerprint density at radius 1 is 1.43 bits per heavy atom. The summed E-state index contributed by atoms with van der Waals surface area (Å²) >= 11 is 1.76. The van der Waals surface area contributed by atoms with Gasteiger partial charge >= 0.3 is 0 Å². The van der Waals surface area contributed by atoms with Gasteiger partial charge in [-0.2, -0.15) is 0 Å². The van der Waals surface area contributed by atoms with Gasteiger partial charge in [-0.1, -0.05) is 12.5 Å². The Kier molecular flexibility index (Phi) is 4.65. The van der Waals surface area contributed by atoms with Crippen molar-refractivity contribution in [1.82, 2.24) is 5.32 Å². The molecule has 3 rings (SSSR count). The van der Waals surface area contributed by atoms with E-state index in [2.05, 4.69) is 29.8 Å². The zero-order valence-corrected chi connectivity index (χ0v) is 13.6. The van der Waals surface area contributed by atoms with Gasteiger partial charge in [0.25, 0.3) is 0 Å². The lowest BCUT2D eigenvalue weighted by Gasteiger charge is -2.43. The standard InChI is InChI=1S/C17H26N2OS/c1-11(8-15-6-3-7-21-15)19-17(20)14-9-12-4-2-5-13(10-14)16(12)18/h3,6-7,11-14,16H,2,4-5,8-10,18H2,1H3,(H,19,20). The molecular weight excluding hydrogens is 280 g/mol. The fourth-order valence-electron chi connectivity index (χ4n) is 4.15. The fourth-order valence-corrected chi connectivity index (χ4v) is 4.98. The quantitative estimate of drug-likeness (QED) is 0.898. The summed E-state index contributed by atoms with van der Waals surface area (Å²) in [6, 6.07) is 4.76. The van der Waals surface area contributed by atoms with Crippen molar-refractivity contribution in [3.05, 3.63) is 22.4 Å². The van der Waals surface area contributed by atoms with Crippen molar-refractivity contribution in [2.24, 2.45) is 23.5 Å². The molecule has 0 radical (unpaired) electrons. The third kappa shape index (κ3) is 3.49. The smallest absolute Gasteiger partial charge is 0.223 e. The van der Waals surface area contributed by atoms with Crippen LogP contribution in [-0.2, 0) is 11.2 Å². The van der Waals surface area contributed by atoms with Crippen LogP contribution in [-0.4, -0.2) is 18.0 Å². The first-order chi connectivity index (χ1) is 10.1. The van der Waals surface area contributed by atoms with Crippen LogP contribution in [0.4, 0.5) is 0 Å². The molecule has 2 saturated carbocycles. The summed E-state index contributed by atoms with van der Waals surface area (Å²) in [5.74, 6) is 1.58. The molecule has 3 N–H and O–H groups in total. The van der Waals surface area contributed by atoms with Crippen LogP contribution in [0, 0.1) is 17.8 Å². The van der Waals surface area contributed by atoms with Crippen molar-refractivity contribution < 1.29 is 4.79 Å². The number of carbonyl (C=O) groups excluding carboxylic acids is 1. The first kappa shape index (κ1) is 15.0. The van der Waals surface area contributed by atoms with Crippen LogP contribution >= 0.6 is 11.3 Å². The van der Waals surface area contributed by atoms with Crippen LogP contribution in [0.2, 0.25) is 0 Å². The molecule has 3 atom stereocenters. The first-order valence-electron chi connectivity index (χ1n) is 8.22. The number of nitrogens with two attached hydrogens (primary N) is 1. The molecule has 1 aromatic rings. The van der Waals surface area contributed by atoms with E-state index in [9.17, 15) is 4.79 Å². The van der Waals surface area contributed by atoms with Crippen LogP contribution in [0.1, 0.15) is 43.9 Å². The van der Waals surface area contributed by atoms with Gasteiger partial charge in [0.1, 0.15) is 0 Å². The second kappa shape index (κ2) is 6.49. The highest BCUT2D eigenvalue weighted by Gasteiger charge is 2.40. The average molecular weight is 306 g/mol. The number of amides is 1. The Bertz CT molecular complexity index is 459. The second-order valence-corrected chi connectivity index (χ2v) is 7.92. The summed E-state index contributed by atoms with van der Waals surface area (Å²) in [7, 11) is 0. The number of rotatable bonds is 4. The molecule has 1 amide bonds. The molecule has 3 unspecified atom stereocenters. The largest absolute Gasteiger partial charge is 0.353 e. The number of nitrogens with one attached hydrogen (secondary N) is 1. The number of carbonyl (C=O) groups is 1. The highest BCUT2D eigenvalue weighted by molar-refractivity contribution is 7.09. The van der Waals surface area contributed by atoms with Crippen molar-refractivity contribution in [2.75, 3.05) is 0 Å². The summed E-state index contributed by atoms with van der Waals surface area (Å²) < 4.78 is 0. The summed E-state index contributed by atoms with van der Waals surface area (Å²) in [5, 5.41) is 5.31. The van der Waals surface area contributed by atoms with E-state index in [4.69, 9.17) is 5.73 Å². The number of hydrogen-bond acceptors (Lipinski definition) is 3. The molecule has 0 saturated heterocycles. The van der Waals surface area contributed by atoms with Gasteiger partial charge in [0, 0.05) is 29.3 Å². The van der Waals surface area contributed by atoms with Gasteiger partial charge in [0.05, 0.1) is 0 Å². The summed E-state index contributed by atoms with van der Waals surface area (Å²) in [4.78, 5) is 13.9. The van der Waals surface area contributed by atoms with Gasteiger partial charge in [0.2, 0.25) is 5.91 Å². The number of hydrogen-bond donors (Lipinski definition) is 2. The van der Waals surface area contributed by atoms with E-state index in [1.54, 1.807) is 11.3 Å². The number of fused-ring (bicyclic) bond motifs is 2. The topological polar surface area (TPSA) is 55.1 Å². The van der Waals surface area contributed by atoms with Crippen molar-refractivity contribution in [2.45, 2.75) is 57.5 Å². The molecule has 1 heterocycles. The minimum Gasteiger partial charge on any atom is -0.353 e. The Hall–Kier alpha value is -0.870. The Balaban J connectivity index is 1.53. The molecule has 1 aromatic heterocycles. The highest BCUT2D eigenvalue weighted by Crippen LogP contribution is 2.41. The molecule has 2 aliphatic rings. The molecular formula is C17H26N2OS. The first-order valence-corrected chi connectivity index (χ1v) is 9.09. The van der Waals surface area contributed by atoms with Crippen LogP contribution < -0.4 is 11.1 Å². The molecule has 0 spiro atoms. The third-order valence-corrected chi connectivity index (χ3v) is 6.16. The summed E-state index contributed by atoms with van der Waals surface area (Å²) in [5.41, 5.74) is 6.31. The van der Waals surface area contributed by atoms with E-state index < -0.39 is 0 Å². The van der Waals surface area contributed by atoms with Gasteiger partial charge in [-0.05, 0) is 55.9 Å². The minimum atomic E-state index is 0.186. The Labute approximate surface area is 131 Å². The minimum absolute atomic E-state index is 0.186. The Morgan fingerprint density at radius 2 is 2.14 bits per heavy atom. The molecule has 116 valence electrons. The molecule has 4 heteroatoms. The van der Waals surface area contributed by atoms with E-state index in [0.29, 0.717) is 17.9 Å². The molecule has 2 fully saturated rings. The van der Waals surface area contributed by atoms with Gasteiger partial charge in [-0.25, -0.2) is 0 Å². The van der Waals surface area contributed by atoms with E-state index >= 15 is 0 Å². The number of thiophene rings is 1. The summed E-state index contributed by atoms with van der Waals surface area (Å²) in [6.45, 7) is 2.10. The molecule has 0 aliphatic heterocycles. The highest BCUT2D eigenvalue weighted by atomic mass is 32.1. The lowest BCUT2D eigenvalue weighted by Crippen LogP contribution is -2.50. The van der Waals surface area contributed by atoms with Crippen LogP contribution in [0.25, 0.3) is 0 Å². The monoisotopic (exact) mass is 306 g/mol. The average Bonchev–Trinajstić information content (AvgIpc) is 2.90. The van der Waals surface area contributed by atoms with E-state index in [-0.39, 0.29) is 17.9 Å². The molecule has 0 aromatic carbocycles. The fraction of sp³-hybridized carbons (Fsp3) is 0.706.